The third-order valence-electron chi connectivity index (χ3n) is 7.75. The predicted octanol–water partition coefficient (Wildman–Crippen LogP) is 7.99. The molecule has 0 fully saturated rings. The Bertz CT molecular complexity index is 1600. The quantitative estimate of drug-likeness (QED) is 0.168. The van der Waals surface area contributed by atoms with E-state index in [-0.39, 0.29) is 5.97 Å². The smallest absolute Gasteiger partial charge is 0.312 e. The van der Waals surface area contributed by atoms with Crippen LogP contribution >= 0.6 is 11.6 Å². The summed E-state index contributed by atoms with van der Waals surface area (Å²) in [5.74, 6) is 0.612. The molecule has 0 saturated carbocycles. The molecule has 0 aliphatic heterocycles. The Balaban J connectivity index is 1.47. The molecule has 0 radical (unpaired) electrons. The standard InChI is InChI=1S/C33H33ClN2O3/c1-4-33(5-2,32(37)38-3)20-28-18-25-19-29(39-22-27-15-12-24-8-6-7-9-30(24)35-27)16-17-31(25)36(28)21-23-10-13-26(34)14-11-23/h6-19H,4-5,20-22H2,1-3H3. The number of halogens is 1. The van der Waals surface area contributed by atoms with Crippen molar-refractivity contribution in [3.63, 3.8) is 0 Å². The molecule has 6 heteroatoms. The first-order valence-electron chi connectivity index (χ1n) is 13.4. The van der Waals surface area contributed by atoms with Crippen LogP contribution in [0, 0.1) is 5.41 Å². The average molecular weight is 541 g/mol. The van der Waals surface area contributed by atoms with Crippen molar-refractivity contribution in [2.75, 3.05) is 7.11 Å². The third-order valence-corrected chi connectivity index (χ3v) is 8.00. The van der Waals surface area contributed by atoms with Crippen LogP contribution in [0.4, 0.5) is 0 Å². The van der Waals surface area contributed by atoms with Crippen molar-refractivity contribution in [2.45, 2.75) is 46.3 Å². The fourth-order valence-electron chi connectivity index (χ4n) is 5.27. The Morgan fingerprint density at radius 2 is 1.69 bits per heavy atom. The Morgan fingerprint density at radius 3 is 2.44 bits per heavy atom. The summed E-state index contributed by atoms with van der Waals surface area (Å²) in [6.07, 6.45) is 1.99. The molecule has 5 aromatic rings. The monoisotopic (exact) mass is 540 g/mol. The highest BCUT2D eigenvalue weighted by atomic mass is 35.5. The number of benzene rings is 3. The van der Waals surface area contributed by atoms with E-state index in [4.69, 9.17) is 26.1 Å². The molecule has 39 heavy (non-hydrogen) atoms. The molecule has 2 aromatic heterocycles. The summed E-state index contributed by atoms with van der Waals surface area (Å²) in [7, 11) is 1.47. The minimum atomic E-state index is -0.581. The molecule has 0 unspecified atom stereocenters. The van der Waals surface area contributed by atoms with Crippen molar-refractivity contribution >= 4 is 39.4 Å². The van der Waals surface area contributed by atoms with Gasteiger partial charge in [-0.05, 0) is 66.9 Å². The molecular formula is C33H33ClN2O3. The van der Waals surface area contributed by atoms with Gasteiger partial charge in [-0.15, -0.1) is 0 Å². The van der Waals surface area contributed by atoms with Crippen molar-refractivity contribution < 1.29 is 14.3 Å². The number of aromatic nitrogens is 2. The Labute approximate surface area is 234 Å². The molecule has 5 nitrogen and oxygen atoms in total. The van der Waals surface area contributed by atoms with E-state index in [9.17, 15) is 4.79 Å². The normalized spacial score (nSPS) is 11.7. The average Bonchev–Trinajstić information content (AvgIpc) is 3.30. The number of fused-ring (bicyclic) bond motifs is 2. The first-order valence-corrected chi connectivity index (χ1v) is 13.7. The topological polar surface area (TPSA) is 53.4 Å². The van der Waals surface area contributed by atoms with Crippen molar-refractivity contribution in [1.29, 1.82) is 0 Å². The lowest BCUT2D eigenvalue weighted by Gasteiger charge is -2.29. The van der Waals surface area contributed by atoms with Crippen molar-refractivity contribution in [3.05, 3.63) is 107 Å². The number of carbonyl (C=O) groups excluding carboxylic acids is 1. The van der Waals surface area contributed by atoms with Gasteiger partial charge >= 0.3 is 5.97 Å². The van der Waals surface area contributed by atoms with Crippen LogP contribution in [0.15, 0.2) is 84.9 Å². The van der Waals surface area contributed by atoms with Crippen LogP contribution in [0.1, 0.15) is 43.6 Å². The summed E-state index contributed by atoms with van der Waals surface area (Å²) in [4.78, 5) is 17.6. The van der Waals surface area contributed by atoms with E-state index in [1.165, 1.54) is 7.11 Å². The number of rotatable bonds is 10. The van der Waals surface area contributed by atoms with Crippen molar-refractivity contribution in [1.82, 2.24) is 9.55 Å². The molecule has 5 rings (SSSR count). The molecule has 0 atom stereocenters. The van der Waals surface area contributed by atoms with E-state index in [0.29, 0.717) is 37.4 Å². The summed E-state index contributed by atoms with van der Waals surface area (Å²) in [6.45, 7) is 5.16. The van der Waals surface area contributed by atoms with Crippen molar-refractivity contribution in [2.24, 2.45) is 5.41 Å². The first-order chi connectivity index (χ1) is 18.9. The summed E-state index contributed by atoms with van der Waals surface area (Å²) < 4.78 is 13.7. The second-order valence-corrected chi connectivity index (χ2v) is 10.4. The Hall–Kier alpha value is -3.83. The van der Waals surface area contributed by atoms with E-state index < -0.39 is 5.41 Å². The summed E-state index contributed by atoms with van der Waals surface area (Å²) in [5.41, 5.74) is 4.56. The van der Waals surface area contributed by atoms with Gasteiger partial charge in [0.15, 0.2) is 0 Å². The number of carbonyl (C=O) groups is 1. The van der Waals surface area contributed by atoms with E-state index in [2.05, 4.69) is 48.7 Å². The molecule has 200 valence electrons. The van der Waals surface area contributed by atoms with Gasteiger partial charge in [-0.25, -0.2) is 4.98 Å². The number of nitrogens with zero attached hydrogens (tertiary/aromatic N) is 2. The fourth-order valence-corrected chi connectivity index (χ4v) is 5.40. The maximum atomic E-state index is 12.9. The van der Waals surface area contributed by atoms with Gasteiger partial charge in [-0.2, -0.15) is 0 Å². The van der Waals surface area contributed by atoms with Crippen LogP contribution in [0.5, 0.6) is 5.75 Å². The van der Waals surface area contributed by atoms with Crippen LogP contribution in [0.3, 0.4) is 0 Å². The molecule has 0 saturated heterocycles. The lowest BCUT2D eigenvalue weighted by atomic mass is 9.78. The number of hydrogen-bond acceptors (Lipinski definition) is 4. The van der Waals surface area contributed by atoms with Gasteiger partial charge in [-0.3, -0.25) is 4.79 Å². The van der Waals surface area contributed by atoms with Gasteiger partial charge in [-0.1, -0.05) is 61.8 Å². The largest absolute Gasteiger partial charge is 0.487 e. The SMILES string of the molecule is CCC(CC)(Cc1cc2cc(OCc3ccc4ccccc4n3)ccc2n1Cc1ccc(Cl)cc1)C(=O)OC. The Kier molecular flexibility index (Phi) is 7.89. The fraction of sp³-hybridized carbons (Fsp3) is 0.273. The van der Waals surface area contributed by atoms with E-state index in [1.54, 1.807) is 0 Å². The zero-order valence-electron chi connectivity index (χ0n) is 22.6. The van der Waals surface area contributed by atoms with Crippen LogP contribution < -0.4 is 4.74 Å². The summed E-state index contributed by atoms with van der Waals surface area (Å²) in [5, 5.41) is 2.88. The molecule has 3 aromatic carbocycles. The highest BCUT2D eigenvalue weighted by Gasteiger charge is 2.37. The zero-order valence-corrected chi connectivity index (χ0v) is 23.4. The van der Waals surface area contributed by atoms with E-state index in [0.717, 1.165) is 44.5 Å². The molecule has 0 spiro atoms. The lowest BCUT2D eigenvalue weighted by molar-refractivity contribution is -0.153. The van der Waals surface area contributed by atoms with E-state index >= 15 is 0 Å². The van der Waals surface area contributed by atoms with Gasteiger partial charge in [0, 0.05) is 40.0 Å². The lowest BCUT2D eigenvalue weighted by Crippen LogP contribution is -2.34. The molecular weight excluding hydrogens is 508 g/mol. The predicted molar refractivity (Wildman–Crippen MR) is 157 cm³/mol. The van der Waals surface area contributed by atoms with Gasteiger partial charge in [0.25, 0.3) is 0 Å². The molecule has 0 aliphatic carbocycles. The van der Waals surface area contributed by atoms with E-state index in [1.807, 2.05) is 54.6 Å². The minimum absolute atomic E-state index is 0.164. The van der Waals surface area contributed by atoms with Crippen LogP contribution in [-0.2, 0) is 29.1 Å². The number of esters is 1. The van der Waals surface area contributed by atoms with Gasteiger partial charge < -0.3 is 14.0 Å². The minimum Gasteiger partial charge on any atom is -0.487 e. The summed E-state index contributed by atoms with van der Waals surface area (Å²) >= 11 is 6.14. The number of ether oxygens (including phenoxy) is 2. The number of para-hydroxylation sites is 1. The van der Waals surface area contributed by atoms with Crippen LogP contribution in [0.25, 0.3) is 21.8 Å². The highest BCUT2D eigenvalue weighted by molar-refractivity contribution is 6.30. The van der Waals surface area contributed by atoms with Crippen molar-refractivity contribution in [3.8, 4) is 5.75 Å². The maximum absolute atomic E-state index is 12.9. The molecule has 0 bridgehead atoms. The molecule has 0 aliphatic rings. The zero-order chi connectivity index (χ0) is 27.4. The first kappa shape index (κ1) is 26.8. The second-order valence-electron chi connectivity index (χ2n) is 10.0. The second kappa shape index (κ2) is 11.5. The molecule has 0 N–H and O–H groups in total. The maximum Gasteiger partial charge on any atom is 0.312 e. The molecule has 0 amide bonds. The highest BCUT2D eigenvalue weighted by Crippen LogP contribution is 2.36. The Morgan fingerprint density at radius 1 is 0.923 bits per heavy atom. The molecule has 2 heterocycles. The summed E-state index contributed by atoms with van der Waals surface area (Å²) in [6, 6.07) is 28.4. The number of hydrogen-bond donors (Lipinski definition) is 0. The van der Waals surface area contributed by atoms with Crippen LogP contribution in [0.2, 0.25) is 5.02 Å². The van der Waals surface area contributed by atoms with Gasteiger partial charge in [0.1, 0.15) is 12.4 Å². The van der Waals surface area contributed by atoms with Crippen LogP contribution in [-0.4, -0.2) is 22.6 Å². The number of pyridine rings is 1. The third kappa shape index (κ3) is 5.64. The van der Waals surface area contributed by atoms with Gasteiger partial charge in [0.2, 0.25) is 0 Å². The number of methoxy groups -OCH3 is 1. The van der Waals surface area contributed by atoms with Gasteiger partial charge in [0.05, 0.1) is 23.7 Å².